The number of para-hydroxylation sites is 1. The van der Waals surface area contributed by atoms with Crippen LogP contribution in [0.3, 0.4) is 0 Å². The van der Waals surface area contributed by atoms with Gasteiger partial charge in [0, 0.05) is 5.56 Å². The zero-order valence-electron chi connectivity index (χ0n) is 12.0. The van der Waals surface area contributed by atoms with Gasteiger partial charge in [-0.3, -0.25) is 4.79 Å². The number of fused-ring (bicyclic) bond motifs is 1. The Hall–Kier alpha value is -2.49. The third kappa shape index (κ3) is 2.44. The molecule has 0 unspecified atom stereocenters. The standard InChI is InChI=1S/C17H16O4/c1-19-11-7-8-16-13(9-11)14(18)10-17(21-16)12-5-3-4-6-15(12)20-2/h3-9,17H,10H2,1-2H3/t17-/m0/s1. The lowest BCUT2D eigenvalue weighted by atomic mass is 9.95. The summed E-state index contributed by atoms with van der Waals surface area (Å²) in [5.41, 5.74) is 1.45. The van der Waals surface area contributed by atoms with E-state index in [0.29, 0.717) is 23.5 Å². The highest BCUT2D eigenvalue weighted by Gasteiger charge is 2.29. The van der Waals surface area contributed by atoms with Crippen LogP contribution in [0, 0.1) is 0 Å². The Morgan fingerprint density at radius 3 is 2.67 bits per heavy atom. The molecule has 0 N–H and O–H groups in total. The number of ketones is 1. The number of ether oxygens (including phenoxy) is 3. The molecule has 0 saturated heterocycles. The number of rotatable bonds is 3. The molecule has 0 amide bonds. The molecular weight excluding hydrogens is 268 g/mol. The lowest BCUT2D eigenvalue weighted by Crippen LogP contribution is -2.20. The second-order valence-corrected chi connectivity index (χ2v) is 4.84. The summed E-state index contributed by atoms with van der Waals surface area (Å²) < 4.78 is 16.5. The van der Waals surface area contributed by atoms with Crippen LogP contribution >= 0.6 is 0 Å². The van der Waals surface area contributed by atoms with Gasteiger partial charge in [-0.1, -0.05) is 18.2 Å². The molecule has 3 rings (SSSR count). The molecular formula is C17H16O4. The van der Waals surface area contributed by atoms with E-state index >= 15 is 0 Å². The van der Waals surface area contributed by atoms with Crippen LogP contribution in [0.1, 0.15) is 28.4 Å². The van der Waals surface area contributed by atoms with E-state index in [1.165, 1.54) is 0 Å². The summed E-state index contributed by atoms with van der Waals surface area (Å²) in [5, 5.41) is 0. The summed E-state index contributed by atoms with van der Waals surface area (Å²) in [6.07, 6.45) is -0.0323. The first-order chi connectivity index (χ1) is 10.2. The summed E-state index contributed by atoms with van der Waals surface area (Å²) in [7, 11) is 3.19. The molecule has 0 aliphatic carbocycles. The normalized spacial score (nSPS) is 16.9. The molecule has 0 spiro atoms. The zero-order valence-corrected chi connectivity index (χ0v) is 12.0. The smallest absolute Gasteiger partial charge is 0.170 e. The highest BCUT2D eigenvalue weighted by Crippen LogP contribution is 2.39. The van der Waals surface area contributed by atoms with Crippen molar-refractivity contribution in [2.24, 2.45) is 0 Å². The Morgan fingerprint density at radius 1 is 1.10 bits per heavy atom. The third-order valence-electron chi connectivity index (χ3n) is 3.61. The minimum absolute atomic E-state index is 0.0473. The summed E-state index contributed by atoms with van der Waals surface area (Å²) in [4.78, 5) is 12.4. The number of methoxy groups -OCH3 is 2. The van der Waals surface area contributed by atoms with Crippen molar-refractivity contribution in [3.05, 3.63) is 53.6 Å². The van der Waals surface area contributed by atoms with Gasteiger partial charge in [-0.05, 0) is 24.3 Å². The van der Waals surface area contributed by atoms with Crippen molar-refractivity contribution >= 4 is 5.78 Å². The van der Waals surface area contributed by atoms with Gasteiger partial charge in [0.25, 0.3) is 0 Å². The fraction of sp³-hybridized carbons (Fsp3) is 0.235. The van der Waals surface area contributed by atoms with Crippen LogP contribution in [-0.4, -0.2) is 20.0 Å². The van der Waals surface area contributed by atoms with Crippen LogP contribution in [0.15, 0.2) is 42.5 Å². The van der Waals surface area contributed by atoms with E-state index in [0.717, 1.165) is 11.3 Å². The molecule has 0 radical (unpaired) electrons. The number of hydrogen-bond acceptors (Lipinski definition) is 4. The molecule has 4 nitrogen and oxygen atoms in total. The van der Waals surface area contributed by atoms with E-state index in [1.54, 1.807) is 32.4 Å². The molecule has 0 aromatic heterocycles. The Labute approximate surface area is 123 Å². The van der Waals surface area contributed by atoms with E-state index in [1.807, 2.05) is 24.3 Å². The van der Waals surface area contributed by atoms with E-state index in [9.17, 15) is 4.79 Å². The second kappa shape index (κ2) is 5.48. The van der Waals surface area contributed by atoms with E-state index in [2.05, 4.69) is 0 Å². The van der Waals surface area contributed by atoms with Crippen molar-refractivity contribution < 1.29 is 19.0 Å². The van der Waals surface area contributed by atoms with Gasteiger partial charge in [0.15, 0.2) is 5.78 Å². The fourth-order valence-electron chi connectivity index (χ4n) is 2.54. The Balaban J connectivity index is 1.97. The number of hydrogen-bond donors (Lipinski definition) is 0. The number of carbonyl (C=O) groups is 1. The molecule has 0 fully saturated rings. The molecule has 1 aliphatic heterocycles. The topological polar surface area (TPSA) is 44.8 Å². The molecule has 0 saturated carbocycles. The van der Waals surface area contributed by atoms with E-state index in [4.69, 9.17) is 14.2 Å². The largest absolute Gasteiger partial charge is 0.497 e. The molecule has 2 aromatic carbocycles. The van der Waals surface area contributed by atoms with Crippen molar-refractivity contribution in [2.45, 2.75) is 12.5 Å². The average Bonchev–Trinajstić information content (AvgIpc) is 2.54. The lowest BCUT2D eigenvalue weighted by molar-refractivity contribution is 0.0846. The van der Waals surface area contributed by atoms with E-state index in [-0.39, 0.29) is 11.9 Å². The SMILES string of the molecule is COc1ccc2c(c1)C(=O)C[C@@H](c1ccccc1OC)O2. The molecule has 1 aliphatic rings. The summed E-state index contributed by atoms with van der Waals surface area (Å²) in [6, 6.07) is 12.9. The van der Waals surface area contributed by atoms with Gasteiger partial charge in [-0.2, -0.15) is 0 Å². The van der Waals surface area contributed by atoms with Gasteiger partial charge in [-0.25, -0.2) is 0 Å². The van der Waals surface area contributed by atoms with Crippen LogP contribution in [0.2, 0.25) is 0 Å². The van der Waals surface area contributed by atoms with Gasteiger partial charge in [-0.15, -0.1) is 0 Å². The third-order valence-corrected chi connectivity index (χ3v) is 3.61. The Bertz CT molecular complexity index is 678. The fourth-order valence-corrected chi connectivity index (χ4v) is 2.54. The summed E-state index contributed by atoms with van der Waals surface area (Å²) >= 11 is 0. The molecule has 4 heteroatoms. The molecule has 108 valence electrons. The molecule has 1 atom stereocenters. The maximum absolute atomic E-state index is 12.4. The minimum Gasteiger partial charge on any atom is -0.497 e. The quantitative estimate of drug-likeness (QED) is 0.866. The van der Waals surface area contributed by atoms with Gasteiger partial charge in [0.2, 0.25) is 0 Å². The first-order valence-electron chi connectivity index (χ1n) is 6.73. The maximum Gasteiger partial charge on any atom is 0.170 e. The molecule has 21 heavy (non-hydrogen) atoms. The molecule has 2 aromatic rings. The van der Waals surface area contributed by atoms with Crippen molar-refractivity contribution in [2.75, 3.05) is 14.2 Å². The summed E-state index contributed by atoms with van der Waals surface area (Å²) in [6.45, 7) is 0. The Kier molecular flexibility index (Phi) is 3.52. The summed E-state index contributed by atoms with van der Waals surface area (Å²) in [5.74, 6) is 2.02. The number of benzene rings is 2. The minimum atomic E-state index is -0.324. The van der Waals surface area contributed by atoms with Crippen molar-refractivity contribution in [1.29, 1.82) is 0 Å². The van der Waals surface area contributed by atoms with Crippen molar-refractivity contribution in [3.63, 3.8) is 0 Å². The predicted octanol–water partition coefficient (Wildman–Crippen LogP) is 3.41. The van der Waals surface area contributed by atoms with Crippen LogP contribution < -0.4 is 14.2 Å². The maximum atomic E-state index is 12.4. The highest BCUT2D eigenvalue weighted by molar-refractivity contribution is 6.00. The highest BCUT2D eigenvalue weighted by atomic mass is 16.5. The van der Waals surface area contributed by atoms with E-state index < -0.39 is 0 Å². The van der Waals surface area contributed by atoms with Crippen LogP contribution in [0.4, 0.5) is 0 Å². The monoisotopic (exact) mass is 284 g/mol. The first kappa shape index (κ1) is 13.5. The zero-order chi connectivity index (χ0) is 14.8. The van der Waals surface area contributed by atoms with Gasteiger partial charge in [0.05, 0.1) is 26.2 Å². The Morgan fingerprint density at radius 2 is 1.90 bits per heavy atom. The number of Topliss-reactive ketones (excluding diaryl/α,β-unsaturated/α-hetero) is 1. The van der Waals surface area contributed by atoms with Crippen LogP contribution in [0.5, 0.6) is 17.2 Å². The first-order valence-corrected chi connectivity index (χ1v) is 6.73. The molecule has 1 heterocycles. The second-order valence-electron chi connectivity index (χ2n) is 4.84. The average molecular weight is 284 g/mol. The van der Waals surface area contributed by atoms with Gasteiger partial charge in [0.1, 0.15) is 23.4 Å². The van der Waals surface area contributed by atoms with Crippen molar-refractivity contribution in [1.82, 2.24) is 0 Å². The predicted molar refractivity (Wildman–Crippen MR) is 78.3 cm³/mol. The van der Waals surface area contributed by atoms with Gasteiger partial charge < -0.3 is 14.2 Å². The van der Waals surface area contributed by atoms with Crippen molar-refractivity contribution in [3.8, 4) is 17.2 Å². The van der Waals surface area contributed by atoms with Crippen LogP contribution in [-0.2, 0) is 0 Å². The lowest BCUT2D eigenvalue weighted by Gasteiger charge is -2.26. The van der Waals surface area contributed by atoms with Crippen LogP contribution in [0.25, 0.3) is 0 Å². The number of carbonyl (C=O) groups excluding carboxylic acids is 1. The molecule has 0 bridgehead atoms. The van der Waals surface area contributed by atoms with Gasteiger partial charge >= 0.3 is 0 Å².